The van der Waals surface area contributed by atoms with Crippen molar-refractivity contribution < 1.29 is 9.59 Å². The van der Waals surface area contributed by atoms with Crippen LogP contribution in [0.3, 0.4) is 0 Å². The fourth-order valence-electron chi connectivity index (χ4n) is 2.84. The summed E-state index contributed by atoms with van der Waals surface area (Å²) in [5, 5.41) is 12.5. The quantitative estimate of drug-likeness (QED) is 0.336. The van der Waals surface area contributed by atoms with E-state index < -0.39 is 0 Å². The Balaban J connectivity index is 1.26. The first-order valence-corrected chi connectivity index (χ1v) is 10.8. The molecule has 1 heterocycles. The van der Waals surface area contributed by atoms with Crippen LogP contribution in [0.4, 0.5) is 0 Å². The minimum atomic E-state index is -0.389. The van der Waals surface area contributed by atoms with Crippen molar-refractivity contribution in [2.24, 2.45) is 0 Å². The Labute approximate surface area is 189 Å². The second kappa shape index (κ2) is 10.4. The van der Waals surface area contributed by atoms with Gasteiger partial charge < -0.3 is 0 Å². The Morgan fingerprint density at radius 2 is 1.53 bits per heavy atom. The second-order valence-corrected chi connectivity index (χ2v) is 7.86. The molecule has 0 radical (unpaired) electrons. The van der Waals surface area contributed by atoms with Crippen molar-refractivity contribution >= 4 is 23.6 Å². The average Bonchev–Trinajstić information content (AvgIpc) is 3.31. The number of hydrazine groups is 1. The normalized spacial score (nSPS) is 10.5. The van der Waals surface area contributed by atoms with Crippen molar-refractivity contribution in [1.29, 1.82) is 0 Å². The first kappa shape index (κ1) is 21.3. The molecule has 0 bridgehead atoms. The van der Waals surface area contributed by atoms with E-state index in [1.807, 2.05) is 72.8 Å². The molecule has 0 aliphatic rings. The number of carbonyl (C=O) groups excluding carboxylic acids is 2. The van der Waals surface area contributed by atoms with E-state index in [1.54, 1.807) is 12.1 Å². The van der Waals surface area contributed by atoms with Crippen LogP contribution in [0.2, 0.25) is 0 Å². The molecule has 0 aliphatic heterocycles. The number of benzene rings is 3. The van der Waals surface area contributed by atoms with Gasteiger partial charge in [0.05, 0.1) is 12.3 Å². The summed E-state index contributed by atoms with van der Waals surface area (Å²) in [6, 6.07) is 26.2. The smallest absolute Gasteiger partial charge is 0.269 e. The van der Waals surface area contributed by atoms with Crippen LogP contribution in [0.5, 0.6) is 0 Å². The fourth-order valence-corrected chi connectivity index (χ4v) is 3.56. The van der Waals surface area contributed by atoms with Gasteiger partial charge in [-0.05, 0) is 35.0 Å². The monoisotopic (exact) mass is 444 g/mol. The van der Waals surface area contributed by atoms with Gasteiger partial charge in [0.2, 0.25) is 11.7 Å². The average molecular weight is 445 g/mol. The second-order valence-electron chi connectivity index (χ2n) is 6.81. The molecule has 0 unspecified atom stereocenters. The van der Waals surface area contributed by atoms with Gasteiger partial charge in [0.1, 0.15) is 0 Å². The fraction of sp³-hybridized carbons (Fsp3) is 0.0870. The number of nitrogens with one attached hydrogen (secondary N) is 2. The van der Waals surface area contributed by atoms with E-state index in [-0.39, 0.29) is 17.6 Å². The van der Waals surface area contributed by atoms with Gasteiger partial charge in [-0.2, -0.15) is 4.80 Å². The van der Waals surface area contributed by atoms with Gasteiger partial charge in [-0.25, -0.2) is 0 Å². The van der Waals surface area contributed by atoms with Gasteiger partial charge in [-0.3, -0.25) is 20.4 Å². The van der Waals surface area contributed by atoms with Crippen LogP contribution in [0.15, 0.2) is 89.8 Å². The zero-order valence-electron chi connectivity index (χ0n) is 17.0. The van der Waals surface area contributed by atoms with Gasteiger partial charge in [-0.1, -0.05) is 60.7 Å². The topological polar surface area (TPSA) is 102 Å². The highest BCUT2D eigenvalue weighted by Gasteiger charge is 2.09. The van der Waals surface area contributed by atoms with Crippen LogP contribution in [0.1, 0.15) is 15.9 Å². The molecule has 0 saturated carbocycles. The molecule has 2 N–H and O–H groups in total. The van der Waals surface area contributed by atoms with Crippen molar-refractivity contribution in [3.63, 3.8) is 0 Å². The molecule has 0 spiro atoms. The molecule has 0 atom stereocenters. The lowest BCUT2D eigenvalue weighted by Crippen LogP contribution is -2.42. The third-order valence-electron chi connectivity index (χ3n) is 4.45. The van der Waals surface area contributed by atoms with Crippen molar-refractivity contribution in [2.45, 2.75) is 11.4 Å². The molecule has 160 valence electrons. The number of tetrazole rings is 1. The predicted molar refractivity (Wildman–Crippen MR) is 122 cm³/mol. The molecular weight excluding hydrogens is 424 g/mol. The van der Waals surface area contributed by atoms with Gasteiger partial charge in [0.15, 0.2) is 0 Å². The van der Waals surface area contributed by atoms with Gasteiger partial charge >= 0.3 is 0 Å². The van der Waals surface area contributed by atoms with Crippen LogP contribution in [-0.4, -0.2) is 37.8 Å². The first-order chi connectivity index (χ1) is 15.7. The van der Waals surface area contributed by atoms with Crippen LogP contribution in [0.25, 0.3) is 11.4 Å². The Hall–Kier alpha value is -3.98. The summed E-state index contributed by atoms with van der Waals surface area (Å²) in [4.78, 5) is 26.7. The van der Waals surface area contributed by atoms with Crippen molar-refractivity contribution in [1.82, 2.24) is 31.1 Å². The molecule has 3 aromatic carbocycles. The molecule has 4 rings (SSSR count). The number of thioether (sulfide) groups is 1. The van der Waals surface area contributed by atoms with Crippen molar-refractivity contribution in [3.8, 4) is 11.4 Å². The molecular formula is C23H20N6O2S. The van der Waals surface area contributed by atoms with E-state index in [4.69, 9.17) is 0 Å². The van der Waals surface area contributed by atoms with Crippen LogP contribution in [-0.2, 0) is 11.3 Å². The minimum absolute atomic E-state index is 0.207. The molecule has 0 saturated heterocycles. The maximum absolute atomic E-state index is 12.3. The maximum atomic E-state index is 12.3. The molecule has 0 aliphatic carbocycles. The largest absolute Gasteiger partial charge is 0.272 e. The summed E-state index contributed by atoms with van der Waals surface area (Å²) in [5.74, 6) is 0.0944. The van der Waals surface area contributed by atoms with Gasteiger partial charge in [-0.15, -0.1) is 22.0 Å². The summed E-state index contributed by atoms with van der Waals surface area (Å²) in [6.07, 6.45) is 0. The molecule has 8 nitrogen and oxygen atoms in total. The standard InChI is InChI=1S/C23H20N6O2S/c30-21(16-32-20-9-5-2-6-10-20)24-26-23(31)19-13-11-17(12-14-19)15-29-27-22(25-28-29)18-7-3-1-4-8-18/h1-14H,15-16H2,(H,24,30)(H,26,31). The lowest BCUT2D eigenvalue weighted by atomic mass is 10.1. The zero-order valence-corrected chi connectivity index (χ0v) is 17.8. The molecule has 32 heavy (non-hydrogen) atoms. The molecule has 2 amide bonds. The first-order valence-electron chi connectivity index (χ1n) is 9.86. The number of hydrogen-bond acceptors (Lipinski definition) is 6. The number of carbonyl (C=O) groups is 2. The third kappa shape index (κ3) is 5.79. The maximum Gasteiger partial charge on any atom is 0.269 e. The summed E-state index contributed by atoms with van der Waals surface area (Å²) in [7, 11) is 0. The molecule has 1 aromatic heterocycles. The third-order valence-corrected chi connectivity index (χ3v) is 5.47. The van der Waals surface area contributed by atoms with Gasteiger partial charge in [0, 0.05) is 16.0 Å². The van der Waals surface area contributed by atoms with E-state index >= 15 is 0 Å². The highest BCUT2D eigenvalue weighted by Crippen LogP contribution is 2.16. The summed E-state index contributed by atoms with van der Waals surface area (Å²) >= 11 is 1.40. The van der Waals surface area contributed by atoms with E-state index in [1.165, 1.54) is 16.6 Å². The number of hydrogen-bond donors (Lipinski definition) is 2. The number of nitrogens with zero attached hydrogens (tertiary/aromatic N) is 4. The van der Waals surface area contributed by atoms with E-state index in [2.05, 4.69) is 26.3 Å². The van der Waals surface area contributed by atoms with E-state index in [0.29, 0.717) is 17.9 Å². The number of amides is 2. The van der Waals surface area contributed by atoms with Crippen LogP contribution in [0, 0.1) is 0 Å². The zero-order chi connectivity index (χ0) is 22.2. The Morgan fingerprint density at radius 1 is 0.844 bits per heavy atom. The molecule has 9 heteroatoms. The summed E-state index contributed by atoms with van der Waals surface area (Å²) < 4.78 is 0. The number of aromatic nitrogens is 4. The summed E-state index contributed by atoms with van der Waals surface area (Å²) in [5.41, 5.74) is 7.11. The molecule has 0 fully saturated rings. The predicted octanol–water partition coefficient (Wildman–Crippen LogP) is 2.94. The van der Waals surface area contributed by atoms with E-state index in [0.717, 1.165) is 16.0 Å². The Morgan fingerprint density at radius 3 is 2.25 bits per heavy atom. The van der Waals surface area contributed by atoms with E-state index in [9.17, 15) is 9.59 Å². The van der Waals surface area contributed by atoms with Crippen molar-refractivity contribution in [3.05, 3.63) is 96.1 Å². The van der Waals surface area contributed by atoms with Gasteiger partial charge in [0.25, 0.3) is 5.91 Å². The molecule has 4 aromatic rings. The SMILES string of the molecule is O=C(CSc1ccccc1)NNC(=O)c1ccc(Cn2nnc(-c3ccccc3)n2)cc1. The lowest BCUT2D eigenvalue weighted by Gasteiger charge is -2.08. The van der Waals surface area contributed by atoms with Crippen molar-refractivity contribution in [2.75, 3.05) is 5.75 Å². The van der Waals surface area contributed by atoms with Crippen LogP contribution >= 0.6 is 11.8 Å². The summed E-state index contributed by atoms with van der Waals surface area (Å²) in [6.45, 7) is 0.426. The van der Waals surface area contributed by atoms with Crippen LogP contribution < -0.4 is 10.9 Å². The minimum Gasteiger partial charge on any atom is -0.272 e. The Kier molecular flexibility index (Phi) is 6.88. The number of rotatable bonds is 7. The highest BCUT2D eigenvalue weighted by molar-refractivity contribution is 8.00. The highest BCUT2D eigenvalue weighted by atomic mass is 32.2. The Bertz CT molecular complexity index is 1180. The lowest BCUT2D eigenvalue weighted by molar-refractivity contribution is -0.119.